The van der Waals surface area contributed by atoms with Crippen molar-refractivity contribution < 1.29 is 0 Å². The lowest BCUT2D eigenvalue weighted by Crippen LogP contribution is -2.41. The van der Waals surface area contributed by atoms with Crippen LogP contribution in [-0.2, 0) is 6.54 Å². The highest BCUT2D eigenvalue weighted by molar-refractivity contribution is 5.85. The molecule has 0 amide bonds. The van der Waals surface area contributed by atoms with Crippen molar-refractivity contribution in [2.45, 2.75) is 39.8 Å². The third-order valence-electron chi connectivity index (χ3n) is 4.79. The molecule has 1 saturated heterocycles. The normalized spacial score (nSPS) is 20.7. The Hall–Kier alpha value is -1.43. The van der Waals surface area contributed by atoms with E-state index in [0.29, 0.717) is 23.4 Å². The molecule has 6 heteroatoms. The van der Waals surface area contributed by atoms with Crippen LogP contribution in [0.5, 0.6) is 0 Å². The maximum atomic E-state index is 12.2. The van der Waals surface area contributed by atoms with Crippen molar-refractivity contribution in [1.82, 2.24) is 20.2 Å². The molecule has 1 aromatic heterocycles. The van der Waals surface area contributed by atoms with Crippen LogP contribution in [-0.4, -0.2) is 40.5 Å². The number of fused-ring (bicyclic) bond motifs is 1. The Morgan fingerprint density at radius 1 is 1.33 bits per heavy atom. The van der Waals surface area contributed by atoms with E-state index in [-0.39, 0.29) is 18.0 Å². The number of aromatic amines is 1. The van der Waals surface area contributed by atoms with Gasteiger partial charge in [-0.25, -0.2) is 4.98 Å². The predicted octanol–water partition coefficient (Wildman–Crippen LogP) is 2.55. The number of hydrogen-bond donors (Lipinski definition) is 2. The van der Waals surface area contributed by atoms with Crippen molar-refractivity contribution in [2.24, 2.45) is 5.41 Å². The highest BCUT2D eigenvalue weighted by atomic mass is 35.5. The molecule has 0 aliphatic carbocycles. The fourth-order valence-corrected chi connectivity index (χ4v) is 3.32. The molecule has 1 aliphatic rings. The maximum Gasteiger partial charge on any atom is 0.258 e. The lowest BCUT2D eigenvalue weighted by Gasteiger charge is -2.34. The van der Waals surface area contributed by atoms with E-state index in [9.17, 15) is 4.79 Å². The number of hydrogen-bond acceptors (Lipinski definition) is 4. The van der Waals surface area contributed by atoms with Gasteiger partial charge in [-0.1, -0.05) is 19.1 Å². The van der Waals surface area contributed by atoms with Crippen molar-refractivity contribution in [2.75, 3.05) is 19.6 Å². The largest absolute Gasteiger partial charge is 0.316 e. The first-order chi connectivity index (χ1) is 11.0. The SMILES string of the molecule is CC(C)N(Cc1nc2ccccc2c(=O)[nH]1)CC1(C)CCNC1.Cl. The van der Waals surface area contributed by atoms with Crippen molar-refractivity contribution in [3.63, 3.8) is 0 Å². The van der Waals surface area contributed by atoms with Crippen molar-refractivity contribution in [1.29, 1.82) is 0 Å². The minimum Gasteiger partial charge on any atom is -0.316 e. The van der Waals surface area contributed by atoms with Gasteiger partial charge in [0.25, 0.3) is 5.56 Å². The third kappa shape index (κ3) is 4.15. The first-order valence-electron chi connectivity index (χ1n) is 8.40. The standard InChI is InChI=1S/C18H26N4O.ClH/c1-13(2)22(12-18(3)8-9-19-11-18)10-16-20-15-7-5-4-6-14(15)17(23)21-16;/h4-7,13,19H,8-12H2,1-3H3,(H,20,21,23);1H. The summed E-state index contributed by atoms with van der Waals surface area (Å²) in [4.78, 5) is 22.2. The molecule has 1 unspecified atom stereocenters. The molecule has 132 valence electrons. The Bertz CT molecular complexity index is 737. The molecule has 2 N–H and O–H groups in total. The number of halogens is 1. The molecule has 24 heavy (non-hydrogen) atoms. The average Bonchev–Trinajstić information content (AvgIpc) is 2.93. The Kier molecular flexibility index (Phi) is 6.01. The Labute approximate surface area is 149 Å². The van der Waals surface area contributed by atoms with Crippen molar-refractivity contribution in [3.05, 3.63) is 40.4 Å². The summed E-state index contributed by atoms with van der Waals surface area (Å²) in [5.41, 5.74) is 1.01. The van der Waals surface area contributed by atoms with Crippen LogP contribution >= 0.6 is 12.4 Å². The summed E-state index contributed by atoms with van der Waals surface area (Å²) < 4.78 is 0. The third-order valence-corrected chi connectivity index (χ3v) is 4.79. The molecule has 0 saturated carbocycles. The summed E-state index contributed by atoms with van der Waals surface area (Å²) in [6.07, 6.45) is 1.19. The highest BCUT2D eigenvalue weighted by Gasteiger charge is 2.31. The molecule has 1 atom stereocenters. The van der Waals surface area contributed by atoms with E-state index in [0.717, 1.165) is 31.0 Å². The Balaban J connectivity index is 0.00000208. The topological polar surface area (TPSA) is 61.0 Å². The van der Waals surface area contributed by atoms with Crippen LogP contribution in [0, 0.1) is 5.41 Å². The molecule has 1 aromatic carbocycles. The summed E-state index contributed by atoms with van der Waals surface area (Å²) in [5.74, 6) is 0.747. The molecule has 1 aliphatic heterocycles. The fourth-order valence-electron chi connectivity index (χ4n) is 3.32. The zero-order valence-corrected chi connectivity index (χ0v) is 15.4. The minimum absolute atomic E-state index is 0. The van der Waals surface area contributed by atoms with E-state index >= 15 is 0 Å². The lowest BCUT2D eigenvalue weighted by atomic mass is 9.89. The monoisotopic (exact) mass is 350 g/mol. The lowest BCUT2D eigenvalue weighted by molar-refractivity contribution is 0.134. The van der Waals surface area contributed by atoms with Crippen LogP contribution in [0.1, 0.15) is 33.0 Å². The number of H-pyrrole nitrogens is 1. The molecule has 1 fully saturated rings. The number of aromatic nitrogens is 2. The van der Waals surface area contributed by atoms with Crippen molar-refractivity contribution >= 4 is 23.3 Å². The zero-order chi connectivity index (χ0) is 16.4. The van der Waals surface area contributed by atoms with Crippen LogP contribution in [0.25, 0.3) is 10.9 Å². The predicted molar refractivity (Wildman–Crippen MR) is 101 cm³/mol. The smallest absolute Gasteiger partial charge is 0.258 e. The van der Waals surface area contributed by atoms with E-state index in [1.54, 1.807) is 0 Å². The minimum atomic E-state index is -0.0527. The van der Waals surface area contributed by atoms with Gasteiger partial charge in [0.1, 0.15) is 5.82 Å². The van der Waals surface area contributed by atoms with Crippen LogP contribution < -0.4 is 10.9 Å². The molecule has 0 spiro atoms. The van der Waals surface area contributed by atoms with Gasteiger partial charge in [-0.05, 0) is 44.4 Å². The first kappa shape index (κ1) is 18.9. The molecule has 2 aromatic rings. The second-order valence-corrected chi connectivity index (χ2v) is 7.27. The maximum absolute atomic E-state index is 12.2. The molecular formula is C18H27ClN4O. The van der Waals surface area contributed by atoms with Crippen LogP contribution in [0.15, 0.2) is 29.1 Å². The number of benzene rings is 1. The quantitative estimate of drug-likeness (QED) is 0.870. The van der Waals surface area contributed by atoms with E-state index < -0.39 is 0 Å². The molecular weight excluding hydrogens is 324 g/mol. The van der Waals surface area contributed by atoms with Gasteiger partial charge in [0.05, 0.1) is 17.4 Å². The van der Waals surface area contributed by atoms with Crippen molar-refractivity contribution in [3.8, 4) is 0 Å². The van der Waals surface area contributed by atoms with Crippen LogP contribution in [0.2, 0.25) is 0 Å². The van der Waals surface area contributed by atoms with Gasteiger partial charge in [0.15, 0.2) is 0 Å². The van der Waals surface area contributed by atoms with E-state index in [1.165, 1.54) is 6.42 Å². The van der Waals surface area contributed by atoms with Crippen LogP contribution in [0.4, 0.5) is 0 Å². The highest BCUT2D eigenvalue weighted by Crippen LogP contribution is 2.27. The molecule has 5 nitrogen and oxygen atoms in total. The number of nitrogens with one attached hydrogen (secondary N) is 2. The van der Waals surface area contributed by atoms with Gasteiger partial charge >= 0.3 is 0 Å². The molecule has 2 heterocycles. The van der Waals surface area contributed by atoms with E-state index in [2.05, 4.69) is 41.0 Å². The van der Waals surface area contributed by atoms with Gasteiger partial charge < -0.3 is 10.3 Å². The first-order valence-corrected chi connectivity index (χ1v) is 8.40. The molecule has 0 bridgehead atoms. The van der Waals surface area contributed by atoms with E-state index in [1.807, 2.05) is 24.3 Å². The van der Waals surface area contributed by atoms with Gasteiger partial charge in [0.2, 0.25) is 0 Å². The van der Waals surface area contributed by atoms with E-state index in [4.69, 9.17) is 0 Å². The molecule has 3 rings (SSSR count). The van der Waals surface area contributed by atoms with Gasteiger partial charge in [-0.15, -0.1) is 12.4 Å². The van der Waals surface area contributed by atoms with Gasteiger partial charge in [0, 0.05) is 19.1 Å². The fraction of sp³-hybridized carbons (Fsp3) is 0.556. The second kappa shape index (κ2) is 7.64. The second-order valence-electron chi connectivity index (χ2n) is 7.27. The average molecular weight is 351 g/mol. The zero-order valence-electron chi connectivity index (χ0n) is 14.6. The Morgan fingerprint density at radius 3 is 2.75 bits per heavy atom. The van der Waals surface area contributed by atoms with Gasteiger partial charge in [-0.3, -0.25) is 9.69 Å². The number of para-hydroxylation sites is 1. The summed E-state index contributed by atoms with van der Waals surface area (Å²) >= 11 is 0. The molecule has 0 radical (unpaired) electrons. The number of nitrogens with zero attached hydrogens (tertiary/aromatic N) is 2. The number of rotatable bonds is 5. The van der Waals surface area contributed by atoms with Gasteiger partial charge in [-0.2, -0.15) is 0 Å². The summed E-state index contributed by atoms with van der Waals surface area (Å²) in [5, 5.41) is 4.11. The summed E-state index contributed by atoms with van der Waals surface area (Å²) in [7, 11) is 0. The Morgan fingerprint density at radius 2 is 2.08 bits per heavy atom. The van der Waals surface area contributed by atoms with Crippen LogP contribution in [0.3, 0.4) is 0 Å². The summed E-state index contributed by atoms with van der Waals surface area (Å²) in [6, 6.07) is 7.91. The summed E-state index contributed by atoms with van der Waals surface area (Å²) in [6.45, 7) is 10.6.